The van der Waals surface area contributed by atoms with Gasteiger partial charge in [0, 0.05) is 23.6 Å². The maximum absolute atomic E-state index is 14.0. The monoisotopic (exact) mass is 398 g/mol. The summed E-state index contributed by atoms with van der Waals surface area (Å²) in [7, 11) is -3.87. The molecule has 0 aliphatic carbocycles. The Kier molecular flexibility index (Phi) is 5.31. The number of sulfonamides is 1. The van der Waals surface area contributed by atoms with Gasteiger partial charge in [0.2, 0.25) is 10.0 Å². The van der Waals surface area contributed by atoms with Gasteiger partial charge in [-0.3, -0.25) is 0 Å². The third kappa shape index (κ3) is 3.59. The maximum Gasteiger partial charge on any atom is 0.246 e. The van der Waals surface area contributed by atoms with Gasteiger partial charge in [0.15, 0.2) is 0 Å². The molecule has 0 saturated carbocycles. The number of piperidine rings is 1. The van der Waals surface area contributed by atoms with E-state index in [-0.39, 0.29) is 16.0 Å². The molecule has 0 radical (unpaired) electrons. The van der Waals surface area contributed by atoms with Crippen LogP contribution in [0.3, 0.4) is 0 Å². The van der Waals surface area contributed by atoms with E-state index < -0.39 is 15.8 Å². The van der Waals surface area contributed by atoms with Crippen molar-refractivity contribution >= 4 is 37.6 Å². The molecule has 0 bridgehead atoms. The van der Waals surface area contributed by atoms with Crippen LogP contribution in [0.1, 0.15) is 19.8 Å². The molecule has 118 valence electrons. The summed E-state index contributed by atoms with van der Waals surface area (Å²) >= 11 is 8.95. The second-order valence-electron chi connectivity index (χ2n) is 5.30. The summed E-state index contributed by atoms with van der Waals surface area (Å²) in [6, 6.07) is 2.26. The van der Waals surface area contributed by atoms with E-state index in [1.54, 1.807) is 0 Å². The smallest absolute Gasteiger partial charge is 0.246 e. The third-order valence-electron chi connectivity index (χ3n) is 3.83. The highest BCUT2D eigenvalue weighted by Crippen LogP contribution is 2.31. The Morgan fingerprint density at radius 3 is 2.52 bits per heavy atom. The molecule has 0 aromatic heterocycles. The standard InChI is InChI=1S/C13H17BrClFN2O2S/c1-8(17)9-2-4-18(5-3-9)21(19,20)13-7-11(15)10(14)6-12(13)16/h6-9H,2-5,17H2,1H3. The Morgan fingerprint density at radius 1 is 1.43 bits per heavy atom. The van der Waals surface area contributed by atoms with Crippen molar-refractivity contribution in [1.29, 1.82) is 0 Å². The van der Waals surface area contributed by atoms with Crippen molar-refractivity contribution in [3.8, 4) is 0 Å². The normalized spacial score (nSPS) is 19.7. The molecule has 1 aliphatic rings. The Bertz CT molecular complexity index is 631. The van der Waals surface area contributed by atoms with E-state index in [9.17, 15) is 12.8 Å². The minimum Gasteiger partial charge on any atom is -0.328 e. The van der Waals surface area contributed by atoms with Gasteiger partial charge < -0.3 is 5.73 Å². The van der Waals surface area contributed by atoms with Crippen LogP contribution in [-0.2, 0) is 10.0 Å². The van der Waals surface area contributed by atoms with Gasteiger partial charge in [0.05, 0.1) is 5.02 Å². The summed E-state index contributed by atoms with van der Waals surface area (Å²) in [4.78, 5) is -0.380. The molecule has 1 saturated heterocycles. The van der Waals surface area contributed by atoms with Crippen molar-refractivity contribution in [2.24, 2.45) is 11.7 Å². The van der Waals surface area contributed by atoms with Gasteiger partial charge in [-0.1, -0.05) is 11.6 Å². The van der Waals surface area contributed by atoms with E-state index in [1.165, 1.54) is 4.31 Å². The molecule has 0 amide bonds. The molecular weight excluding hydrogens is 383 g/mol. The first-order valence-electron chi connectivity index (χ1n) is 6.63. The van der Waals surface area contributed by atoms with E-state index in [4.69, 9.17) is 17.3 Å². The Labute approximate surface area is 137 Å². The zero-order valence-corrected chi connectivity index (χ0v) is 14.7. The summed E-state index contributed by atoms with van der Waals surface area (Å²) in [5.74, 6) is -0.504. The summed E-state index contributed by atoms with van der Waals surface area (Å²) in [5, 5.41) is 0.167. The van der Waals surface area contributed by atoms with Crippen LogP contribution in [0, 0.1) is 11.7 Å². The van der Waals surface area contributed by atoms with Crippen LogP contribution in [0.2, 0.25) is 5.02 Å². The molecule has 0 spiro atoms. The van der Waals surface area contributed by atoms with E-state index >= 15 is 0 Å². The number of rotatable bonds is 3. The molecule has 4 nitrogen and oxygen atoms in total. The largest absolute Gasteiger partial charge is 0.328 e. The summed E-state index contributed by atoms with van der Waals surface area (Å²) in [6.07, 6.45) is 1.37. The number of hydrogen-bond acceptors (Lipinski definition) is 3. The second kappa shape index (κ2) is 6.50. The molecule has 1 aromatic rings. The number of nitrogens with two attached hydrogens (primary N) is 1. The van der Waals surface area contributed by atoms with Crippen molar-refractivity contribution < 1.29 is 12.8 Å². The van der Waals surface area contributed by atoms with Crippen molar-refractivity contribution in [3.63, 3.8) is 0 Å². The van der Waals surface area contributed by atoms with Crippen LogP contribution >= 0.6 is 27.5 Å². The molecule has 8 heteroatoms. The topological polar surface area (TPSA) is 63.4 Å². The lowest BCUT2D eigenvalue weighted by atomic mass is 9.92. The molecule has 1 fully saturated rings. The molecule has 1 heterocycles. The predicted octanol–water partition coefficient (Wildman–Crippen LogP) is 2.99. The lowest BCUT2D eigenvalue weighted by Crippen LogP contribution is -2.42. The quantitative estimate of drug-likeness (QED) is 0.795. The van der Waals surface area contributed by atoms with E-state index in [0.717, 1.165) is 12.1 Å². The van der Waals surface area contributed by atoms with E-state index in [2.05, 4.69) is 15.9 Å². The van der Waals surface area contributed by atoms with Gasteiger partial charge >= 0.3 is 0 Å². The zero-order chi connectivity index (χ0) is 15.8. The number of benzene rings is 1. The molecule has 1 aliphatic heterocycles. The molecule has 2 N–H and O–H groups in total. The second-order valence-corrected chi connectivity index (χ2v) is 8.47. The number of nitrogens with zero attached hydrogens (tertiary/aromatic N) is 1. The van der Waals surface area contributed by atoms with Crippen LogP contribution in [-0.4, -0.2) is 31.9 Å². The molecule has 21 heavy (non-hydrogen) atoms. The minimum absolute atomic E-state index is 0.0358. The van der Waals surface area contributed by atoms with Crippen LogP contribution in [0.5, 0.6) is 0 Å². The first-order chi connectivity index (χ1) is 9.73. The van der Waals surface area contributed by atoms with Gasteiger partial charge in [-0.25, -0.2) is 12.8 Å². The van der Waals surface area contributed by atoms with Gasteiger partial charge in [0.1, 0.15) is 10.7 Å². The van der Waals surface area contributed by atoms with E-state index in [1.807, 2.05) is 6.92 Å². The lowest BCUT2D eigenvalue weighted by Gasteiger charge is -2.33. The lowest BCUT2D eigenvalue weighted by molar-refractivity contribution is 0.250. The average molecular weight is 400 g/mol. The Balaban J connectivity index is 2.26. The SMILES string of the molecule is CC(N)C1CCN(S(=O)(=O)c2cc(Cl)c(Br)cc2F)CC1. The molecular formula is C13H17BrClFN2O2S. The third-order valence-corrected chi connectivity index (χ3v) is 6.95. The van der Waals surface area contributed by atoms with Crippen molar-refractivity contribution in [3.05, 3.63) is 27.4 Å². The highest BCUT2D eigenvalue weighted by molar-refractivity contribution is 9.10. The van der Waals surface area contributed by atoms with E-state index in [0.29, 0.717) is 36.3 Å². The first kappa shape index (κ1) is 17.1. The van der Waals surface area contributed by atoms with Crippen LogP contribution < -0.4 is 5.73 Å². The van der Waals surface area contributed by atoms with Crippen molar-refractivity contribution in [2.75, 3.05) is 13.1 Å². The fraction of sp³-hybridized carbons (Fsp3) is 0.538. The fourth-order valence-electron chi connectivity index (χ4n) is 2.48. The van der Waals surface area contributed by atoms with Gasteiger partial charge in [-0.2, -0.15) is 4.31 Å². The predicted molar refractivity (Wildman–Crippen MR) is 84.2 cm³/mol. The zero-order valence-electron chi connectivity index (χ0n) is 11.5. The number of hydrogen-bond donors (Lipinski definition) is 1. The van der Waals surface area contributed by atoms with Gasteiger partial charge in [-0.05, 0) is 53.7 Å². The molecule has 2 rings (SSSR count). The van der Waals surface area contributed by atoms with Crippen molar-refractivity contribution in [2.45, 2.75) is 30.7 Å². The highest BCUT2D eigenvalue weighted by Gasteiger charge is 2.32. The first-order valence-corrected chi connectivity index (χ1v) is 9.25. The molecule has 1 unspecified atom stereocenters. The molecule has 1 aromatic carbocycles. The average Bonchev–Trinajstić information content (AvgIpc) is 2.42. The van der Waals surface area contributed by atoms with Crippen LogP contribution in [0.4, 0.5) is 4.39 Å². The highest BCUT2D eigenvalue weighted by atomic mass is 79.9. The summed E-state index contributed by atoms with van der Waals surface area (Å²) < 4.78 is 40.7. The fourth-order valence-corrected chi connectivity index (χ4v) is 4.57. The summed E-state index contributed by atoms with van der Waals surface area (Å²) in [6.45, 7) is 2.62. The molecule has 1 atom stereocenters. The van der Waals surface area contributed by atoms with Crippen molar-refractivity contribution in [1.82, 2.24) is 4.31 Å². The Morgan fingerprint density at radius 2 is 2.00 bits per heavy atom. The van der Waals surface area contributed by atoms with Crippen LogP contribution in [0.25, 0.3) is 0 Å². The minimum atomic E-state index is -3.87. The Hall–Kier alpha value is -0.210. The van der Waals surface area contributed by atoms with Gasteiger partial charge in [-0.15, -0.1) is 0 Å². The number of halogens is 3. The summed E-state index contributed by atoms with van der Waals surface area (Å²) in [5.41, 5.74) is 5.84. The van der Waals surface area contributed by atoms with Gasteiger partial charge in [0.25, 0.3) is 0 Å². The van der Waals surface area contributed by atoms with Crippen LogP contribution in [0.15, 0.2) is 21.5 Å². The maximum atomic E-state index is 14.0.